The summed E-state index contributed by atoms with van der Waals surface area (Å²) in [5.41, 5.74) is 1.94. The number of benzene rings is 1. The van der Waals surface area contributed by atoms with Gasteiger partial charge in [0.2, 0.25) is 11.1 Å². The summed E-state index contributed by atoms with van der Waals surface area (Å²) < 4.78 is 3.62. The zero-order valence-corrected chi connectivity index (χ0v) is 16.1. The molecule has 0 aliphatic carbocycles. The average Bonchev–Trinajstić information content (AvgIpc) is 3.41. The van der Waals surface area contributed by atoms with E-state index >= 15 is 0 Å². The molecule has 3 heterocycles. The lowest BCUT2D eigenvalue weighted by Gasteiger charge is -2.06. The maximum absolute atomic E-state index is 12.3. The summed E-state index contributed by atoms with van der Waals surface area (Å²) in [7, 11) is 0. The Morgan fingerprint density at radius 2 is 1.96 bits per heavy atom. The number of aromatic nitrogens is 5. The average molecular weight is 397 g/mol. The third-order valence-electron chi connectivity index (χ3n) is 3.76. The standard InChI is InChI=1S/C18H16N6OS2/c1-13-16(14-7-3-2-4-8-14)21-17(27-13)20-15(25)11-26-18-22-19-12-24(18)23-9-5-6-10-23/h2-10,12H,11H2,1H3,(H,20,21,25). The fourth-order valence-electron chi connectivity index (χ4n) is 2.54. The predicted molar refractivity (Wildman–Crippen MR) is 107 cm³/mol. The molecule has 1 amide bonds. The zero-order chi connectivity index (χ0) is 18.6. The van der Waals surface area contributed by atoms with Crippen LogP contribution in [0.3, 0.4) is 0 Å². The number of hydrogen-bond donors (Lipinski definition) is 1. The molecule has 0 saturated carbocycles. The molecule has 1 aromatic carbocycles. The summed E-state index contributed by atoms with van der Waals surface area (Å²) in [5.74, 6) is 0.0922. The number of rotatable bonds is 6. The van der Waals surface area contributed by atoms with Crippen molar-refractivity contribution < 1.29 is 4.79 Å². The molecule has 4 rings (SSSR count). The van der Waals surface area contributed by atoms with Crippen LogP contribution in [-0.4, -0.2) is 36.2 Å². The number of anilines is 1. The largest absolute Gasteiger partial charge is 0.301 e. The van der Waals surface area contributed by atoms with E-state index in [1.165, 1.54) is 23.1 Å². The van der Waals surface area contributed by atoms with Crippen molar-refractivity contribution in [1.29, 1.82) is 0 Å². The molecule has 4 aromatic rings. The van der Waals surface area contributed by atoms with Gasteiger partial charge in [-0.15, -0.1) is 21.5 Å². The van der Waals surface area contributed by atoms with E-state index in [0.29, 0.717) is 10.3 Å². The molecule has 9 heteroatoms. The Morgan fingerprint density at radius 1 is 1.19 bits per heavy atom. The van der Waals surface area contributed by atoms with E-state index in [1.807, 2.05) is 66.5 Å². The number of nitrogens with one attached hydrogen (secondary N) is 1. The van der Waals surface area contributed by atoms with E-state index in [1.54, 1.807) is 11.0 Å². The highest BCUT2D eigenvalue weighted by Gasteiger charge is 2.14. The van der Waals surface area contributed by atoms with E-state index in [4.69, 9.17) is 0 Å². The quantitative estimate of drug-likeness (QED) is 0.504. The Kier molecular flexibility index (Phi) is 5.03. The molecule has 1 N–H and O–H groups in total. The van der Waals surface area contributed by atoms with Crippen LogP contribution in [0, 0.1) is 6.92 Å². The Morgan fingerprint density at radius 3 is 2.74 bits per heavy atom. The first-order valence-electron chi connectivity index (χ1n) is 8.20. The molecule has 0 radical (unpaired) electrons. The van der Waals surface area contributed by atoms with Crippen LogP contribution in [0.1, 0.15) is 4.88 Å². The summed E-state index contributed by atoms with van der Waals surface area (Å²) in [6, 6.07) is 13.8. The highest BCUT2D eigenvalue weighted by Crippen LogP contribution is 2.30. The summed E-state index contributed by atoms with van der Waals surface area (Å²) >= 11 is 2.79. The Balaban J connectivity index is 1.40. The smallest absolute Gasteiger partial charge is 0.236 e. The molecule has 136 valence electrons. The van der Waals surface area contributed by atoms with Crippen LogP contribution in [0.15, 0.2) is 66.3 Å². The van der Waals surface area contributed by atoms with Crippen LogP contribution < -0.4 is 5.32 Å². The highest BCUT2D eigenvalue weighted by atomic mass is 32.2. The van der Waals surface area contributed by atoms with Crippen molar-refractivity contribution in [1.82, 2.24) is 24.5 Å². The van der Waals surface area contributed by atoms with E-state index in [0.717, 1.165) is 16.1 Å². The van der Waals surface area contributed by atoms with Gasteiger partial charge in [-0.25, -0.2) is 9.66 Å². The maximum atomic E-state index is 12.3. The molecule has 0 aliphatic rings. The van der Waals surface area contributed by atoms with Crippen molar-refractivity contribution in [2.75, 3.05) is 11.1 Å². The minimum atomic E-state index is -0.129. The number of thiazole rings is 1. The van der Waals surface area contributed by atoms with E-state index in [2.05, 4.69) is 20.5 Å². The van der Waals surface area contributed by atoms with Crippen LogP contribution in [-0.2, 0) is 4.79 Å². The molecule has 0 aliphatic heterocycles. The second kappa shape index (κ2) is 7.77. The molecular weight excluding hydrogens is 380 g/mol. The Hall–Kier alpha value is -2.91. The second-order valence-corrected chi connectivity index (χ2v) is 7.79. The fourth-order valence-corrected chi connectivity index (χ4v) is 4.10. The van der Waals surface area contributed by atoms with Gasteiger partial charge in [-0.2, -0.15) is 0 Å². The SMILES string of the molecule is Cc1sc(NC(=O)CSc2nncn2-n2cccc2)nc1-c1ccccc1. The number of aryl methyl sites for hydroxylation is 1. The topological polar surface area (TPSA) is 77.6 Å². The molecule has 0 bridgehead atoms. The van der Waals surface area contributed by atoms with E-state index in [9.17, 15) is 4.79 Å². The first kappa shape index (κ1) is 17.5. The fraction of sp³-hybridized carbons (Fsp3) is 0.111. The van der Waals surface area contributed by atoms with E-state index < -0.39 is 0 Å². The molecule has 0 saturated heterocycles. The lowest BCUT2D eigenvalue weighted by Crippen LogP contribution is -2.15. The van der Waals surface area contributed by atoms with Crippen LogP contribution in [0.4, 0.5) is 5.13 Å². The molecule has 7 nitrogen and oxygen atoms in total. The minimum absolute atomic E-state index is 0.129. The van der Waals surface area contributed by atoms with Crippen LogP contribution in [0.2, 0.25) is 0 Å². The number of thioether (sulfide) groups is 1. The van der Waals surface area contributed by atoms with Crippen molar-refractivity contribution in [3.8, 4) is 11.3 Å². The van der Waals surface area contributed by atoms with Gasteiger partial charge < -0.3 is 5.32 Å². The summed E-state index contributed by atoms with van der Waals surface area (Å²) in [6.45, 7) is 2.00. The Labute approximate surface area is 164 Å². The molecule has 0 fully saturated rings. The third-order valence-corrected chi connectivity index (χ3v) is 5.58. The van der Waals surface area contributed by atoms with Gasteiger partial charge in [-0.3, -0.25) is 9.47 Å². The van der Waals surface area contributed by atoms with Gasteiger partial charge in [0.15, 0.2) is 5.13 Å². The number of nitrogens with zero attached hydrogens (tertiary/aromatic N) is 5. The molecule has 3 aromatic heterocycles. The van der Waals surface area contributed by atoms with Crippen molar-refractivity contribution in [3.05, 3.63) is 66.1 Å². The van der Waals surface area contributed by atoms with Crippen molar-refractivity contribution in [3.63, 3.8) is 0 Å². The minimum Gasteiger partial charge on any atom is -0.301 e. The van der Waals surface area contributed by atoms with Gasteiger partial charge in [0.25, 0.3) is 0 Å². The van der Waals surface area contributed by atoms with E-state index in [-0.39, 0.29) is 11.7 Å². The second-order valence-electron chi connectivity index (χ2n) is 5.65. The first-order valence-corrected chi connectivity index (χ1v) is 10.00. The number of carbonyl (C=O) groups is 1. The van der Waals surface area contributed by atoms with Gasteiger partial charge in [-0.1, -0.05) is 42.1 Å². The van der Waals surface area contributed by atoms with Gasteiger partial charge >= 0.3 is 0 Å². The van der Waals surface area contributed by atoms with Crippen LogP contribution in [0.5, 0.6) is 0 Å². The van der Waals surface area contributed by atoms with Crippen molar-refractivity contribution in [2.45, 2.75) is 12.1 Å². The van der Waals surface area contributed by atoms with Crippen LogP contribution in [0.25, 0.3) is 11.3 Å². The number of hydrogen-bond acceptors (Lipinski definition) is 6. The molecular formula is C18H16N6OS2. The lowest BCUT2D eigenvalue weighted by molar-refractivity contribution is -0.113. The third kappa shape index (κ3) is 3.93. The first-order chi connectivity index (χ1) is 13.2. The molecule has 27 heavy (non-hydrogen) atoms. The zero-order valence-electron chi connectivity index (χ0n) is 14.4. The number of amides is 1. The van der Waals surface area contributed by atoms with Crippen molar-refractivity contribution in [2.24, 2.45) is 0 Å². The highest BCUT2D eigenvalue weighted by molar-refractivity contribution is 7.99. The summed E-state index contributed by atoms with van der Waals surface area (Å²) in [4.78, 5) is 18.0. The van der Waals surface area contributed by atoms with Gasteiger partial charge in [0.1, 0.15) is 6.33 Å². The molecule has 0 atom stereocenters. The summed E-state index contributed by atoms with van der Waals surface area (Å²) in [5, 5.41) is 12.1. The van der Waals surface area contributed by atoms with Crippen molar-refractivity contribution >= 4 is 34.1 Å². The Bertz CT molecular complexity index is 1040. The summed E-state index contributed by atoms with van der Waals surface area (Å²) in [6.07, 6.45) is 5.38. The van der Waals surface area contributed by atoms with Gasteiger partial charge in [-0.05, 0) is 19.1 Å². The van der Waals surface area contributed by atoms with Gasteiger partial charge in [0.05, 0.1) is 11.4 Å². The van der Waals surface area contributed by atoms with Gasteiger partial charge in [0, 0.05) is 22.8 Å². The molecule has 0 spiro atoms. The molecule has 0 unspecified atom stereocenters. The number of carbonyl (C=O) groups excluding carboxylic acids is 1. The predicted octanol–water partition coefficient (Wildman–Crippen LogP) is 3.55. The lowest BCUT2D eigenvalue weighted by atomic mass is 10.1. The maximum Gasteiger partial charge on any atom is 0.236 e. The van der Waals surface area contributed by atoms with Crippen LogP contribution >= 0.6 is 23.1 Å². The normalized spacial score (nSPS) is 10.9. The monoisotopic (exact) mass is 396 g/mol.